The number of rotatable bonds is 3. The molecule has 0 unspecified atom stereocenters. The molecule has 106 valence electrons. The van der Waals surface area contributed by atoms with Crippen LogP contribution in [0.2, 0.25) is 0 Å². The first-order valence-electron chi connectivity index (χ1n) is 6.64. The van der Waals surface area contributed by atoms with Crippen LogP contribution in [0.4, 0.5) is 0 Å². The molecular weight excluding hydrogens is 235 g/mol. The van der Waals surface area contributed by atoms with E-state index in [4.69, 9.17) is 24.9 Å². The first-order chi connectivity index (χ1) is 8.70. The van der Waals surface area contributed by atoms with Gasteiger partial charge in [-0.25, -0.2) is 0 Å². The highest BCUT2D eigenvalue weighted by Crippen LogP contribution is 2.17. The summed E-state index contributed by atoms with van der Waals surface area (Å²) in [5.74, 6) is 0.738. The molecule has 5 nitrogen and oxygen atoms in total. The van der Waals surface area contributed by atoms with E-state index in [0.717, 1.165) is 25.0 Å². The SMILES string of the molecule is OB(O)OC1=CCCCCCCCC1.OCCO. The molecular formula is C12H25BO5. The molecule has 1 aliphatic rings. The summed E-state index contributed by atoms with van der Waals surface area (Å²) in [4.78, 5) is 0. The lowest BCUT2D eigenvalue weighted by Gasteiger charge is -2.11. The van der Waals surface area contributed by atoms with Gasteiger partial charge in [0.2, 0.25) is 0 Å². The van der Waals surface area contributed by atoms with Gasteiger partial charge in [-0.3, -0.25) is 0 Å². The van der Waals surface area contributed by atoms with E-state index < -0.39 is 7.32 Å². The zero-order valence-corrected chi connectivity index (χ0v) is 10.9. The average Bonchev–Trinajstić information content (AvgIpc) is 2.37. The number of hydrogen-bond acceptors (Lipinski definition) is 5. The van der Waals surface area contributed by atoms with E-state index in [9.17, 15) is 0 Å². The number of aliphatic hydroxyl groups excluding tert-OH is 2. The van der Waals surface area contributed by atoms with Gasteiger partial charge in [-0.15, -0.1) is 0 Å². The van der Waals surface area contributed by atoms with Crippen LogP contribution in [0, 0.1) is 0 Å². The van der Waals surface area contributed by atoms with Crippen LogP contribution in [-0.2, 0) is 4.65 Å². The van der Waals surface area contributed by atoms with E-state index in [0.29, 0.717) is 0 Å². The van der Waals surface area contributed by atoms with Crippen molar-refractivity contribution < 1.29 is 24.9 Å². The molecule has 4 N–H and O–H groups in total. The molecule has 0 bridgehead atoms. The van der Waals surface area contributed by atoms with Gasteiger partial charge in [-0.2, -0.15) is 0 Å². The molecule has 0 aromatic heterocycles. The Labute approximate surface area is 109 Å². The molecule has 6 heteroatoms. The highest BCUT2D eigenvalue weighted by molar-refractivity contribution is 6.33. The van der Waals surface area contributed by atoms with Crippen molar-refractivity contribution in [3.05, 3.63) is 11.8 Å². The van der Waals surface area contributed by atoms with Gasteiger partial charge in [0.15, 0.2) is 0 Å². The predicted octanol–water partition coefficient (Wildman–Crippen LogP) is 0.962. The van der Waals surface area contributed by atoms with Gasteiger partial charge in [0.1, 0.15) is 0 Å². The Hall–Kier alpha value is -0.555. The van der Waals surface area contributed by atoms with Gasteiger partial charge in [0, 0.05) is 6.42 Å². The lowest BCUT2D eigenvalue weighted by Crippen LogP contribution is -2.16. The maximum Gasteiger partial charge on any atom is 0.707 e. The first-order valence-corrected chi connectivity index (χ1v) is 6.64. The summed E-state index contributed by atoms with van der Waals surface area (Å²) >= 11 is 0. The zero-order chi connectivity index (χ0) is 13.6. The van der Waals surface area contributed by atoms with Crippen LogP contribution >= 0.6 is 0 Å². The Kier molecular flexibility index (Phi) is 12.5. The number of allylic oxidation sites excluding steroid dienone is 2. The maximum atomic E-state index is 8.69. The molecule has 0 amide bonds. The van der Waals surface area contributed by atoms with Crippen molar-refractivity contribution in [1.29, 1.82) is 0 Å². The third-order valence-corrected chi connectivity index (χ3v) is 2.61. The van der Waals surface area contributed by atoms with Crippen molar-refractivity contribution in [3.63, 3.8) is 0 Å². The van der Waals surface area contributed by atoms with Crippen LogP contribution in [0.25, 0.3) is 0 Å². The summed E-state index contributed by atoms with van der Waals surface area (Å²) in [6.45, 7) is -0.250. The van der Waals surface area contributed by atoms with Crippen molar-refractivity contribution in [2.24, 2.45) is 0 Å². The van der Waals surface area contributed by atoms with Crippen LogP contribution in [-0.4, -0.2) is 40.8 Å². The Balaban J connectivity index is 0.000000631. The van der Waals surface area contributed by atoms with Crippen molar-refractivity contribution in [2.45, 2.75) is 51.4 Å². The van der Waals surface area contributed by atoms with Crippen LogP contribution < -0.4 is 0 Å². The second-order valence-electron chi connectivity index (χ2n) is 4.22. The van der Waals surface area contributed by atoms with E-state index in [1.165, 1.54) is 32.1 Å². The Morgan fingerprint density at radius 2 is 1.50 bits per heavy atom. The molecule has 18 heavy (non-hydrogen) atoms. The highest BCUT2D eigenvalue weighted by atomic mass is 16.6. The maximum absolute atomic E-state index is 8.69. The minimum atomic E-state index is -1.66. The van der Waals surface area contributed by atoms with E-state index in [2.05, 4.69) is 0 Å². The summed E-state index contributed by atoms with van der Waals surface area (Å²) in [6, 6.07) is 0. The summed E-state index contributed by atoms with van der Waals surface area (Å²) in [5, 5.41) is 32.6. The fourth-order valence-electron chi connectivity index (χ4n) is 1.76. The largest absolute Gasteiger partial charge is 0.707 e. The summed E-state index contributed by atoms with van der Waals surface area (Å²) < 4.78 is 4.90. The topological polar surface area (TPSA) is 90.2 Å². The normalized spacial score (nSPS) is 17.0. The van der Waals surface area contributed by atoms with E-state index >= 15 is 0 Å². The summed E-state index contributed by atoms with van der Waals surface area (Å²) in [6.07, 6.45) is 11.2. The predicted molar refractivity (Wildman–Crippen MR) is 70.5 cm³/mol. The molecule has 0 saturated carbocycles. The van der Waals surface area contributed by atoms with Crippen molar-refractivity contribution in [3.8, 4) is 0 Å². The molecule has 0 heterocycles. The Bertz CT molecular complexity index is 207. The average molecular weight is 260 g/mol. The monoisotopic (exact) mass is 260 g/mol. The van der Waals surface area contributed by atoms with Crippen molar-refractivity contribution >= 4 is 7.32 Å². The zero-order valence-electron chi connectivity index (χ0n) is 10.9. The third kappa shape index (κ3) is 11.9. The van der Waals surface area contributed by atoms with Crippen LogP contribution in [0.3, 0.4) is 0 Å². The van der Waals surface area contributed by atoms with Crippen molar-refractivity contribution in [1.82, 2.24) is 0 Å². The fraction of sp³-hybridized carbons (Fsp3) is 0.833. The highest BCUT2D eigenvalue weighted by Gasteiger charge is 2.12. The third-order valence-electron chi connectivity index (χ3n) is 2.61. The summed E-state index contributed by atoms with van der Waals surface area (Å²) in [5.41, 5.74) is 0. The minimum absolute atomic E-state index is 0.125. The Morgan fingerprint density at radius 1 is 0.944 bits per heavy atom. The van der Waals surface area contributed by atoms with Gasteiger partial charge in [0.05, 0.1) is 19.0 Å². The molecule has 1 aliphatic carbocycles. The second-order valence-corrected chi connectivity index (χ2v) is 4.22. The van der Waals surface area contributed by atoms with Crippen LogP contribution in [0.1, 0.15) is 51.4 Å². The van der Waals surface area contributed by atoms with Crippen molar-refractivity contribution in [2.75, 3.05) is 13.2 Å². The Morgan fingerprint density at radius 3 is 2.06 bits per heavy atom. The number of hydrogen-bond donors (Lipinski definition) is 4. The van der Waals surface area contributed by atoms with Crippen LogP contribution in [0.5, 0.6) is 0 Å². The molecule has 0 atom stereocenters. The van der Waals surface area contributed by atoms with Crippen LogP contribution in [0.15, 0.2) is 11.8 Å². The van der Waals surface area contributed by atoms with E-state index in [1.54, 1.807) is 0 Å². The summed E-state index contributed by atoms with van der Waals surface area (Å²) in [7, 11) is -1.66. The molecule has 0 saturated heterocycles. The molecule has 0 aromatic carbocycles. The second kappa shape index (κ2) is 12.9. The van der Waals surface area contributed by atoms with E-state index in [-0.39, 0.29) is 13.2 Å². The van der Waals surface area contributed by atoms with Gasteiger partial charge in [-0.05, 0) is 25.3 Å². The molecule has 1 rings (SSSR count). The molecule has 0 spiro atoms. The molecule has 0 radical (unpaired) electrons. The molecule has 0 aromatic rings. The first kappa shape index (κ1) is 17.4. The van der Waals surface area contributed by atoms with E-state index in [1.807, 2.05) is 6.08 Å². The standard InChI is InChI=1S/C10H19BO3.C2H6O2/c12-11(13)14-10-8-6-4-2-1-3-5-7-9-10;3-1-2-4/h8,12-13H,1-7,9H2;3-4H,1-2H2. The van der Waals surface area contributed by atoms with Gasteiger partial charge in [0.25, 0.3) is 0 Å². The minimum Gasteiger partial charge on any atom is -0.516 e. The lowest BCUT2D eigenvalue weighted by atomic mass is 10.0. The quantitative estimate of drug-likeness (QED) is 0.567. The van der Waals surface area contributed by atoms with Gasteiger partial charge < -0.3 is 24.9 Å². The van der Waals surface area contributed by atoms with Gasteiger partial charge in [-0.1, -0.05) is 25.7 Å². The van der Waals surface area contributed by atoms with Gasteiger partial charge >= 0.3 is 7.32 Å². The molecule has 0 fully saturated rings. The lowest BCUT2D eigenvalue weighted by molar-refractivity contribution is 0.186. The fourth-order valence-corrected chi connectivity index (χ4v) is 1.76. The smallest absolute Gasteiger partial charge is 0.516 e. The molecule has 0 aliphatic heterocycles. The number of aliphatic hydroxyl groups is 2.